The summed E-state index contributed by atoms with van der Waals surface area (Å²) in [5, 5.41) is 12.7. The van der Waals surface area contributed by atoms with Gasteiger partial charge >= 0.3 is 12.6 Å². The molecule has 3 aromatic rings. The Hall–Kier alpha value is -2.94. The molecule has 2 aromatic heterocycles. The fraction of sp³-hybridized carbons (Fsp3) is 0.500. The second kappa shape index (κ2) is 13.6. The minimum Gasteiger partial charge on any atom is -0.479 e. The number of benzene rings is 1. The molecular formula is C24H34FN6O7PS. The van der Waals surface area contributed by atoms with Crippen LogP contribution in [0.2, 0.25) is 0 Å². The van der Waals surface area contributed by atoms with Crippen molar-refractivity contribution in [3.8, 4) is 11.6 Å². The molecule has 2 heterocycles. The molecule has 13 nitrogen and oxygen atoms in total. The van der Waals surface area contributed by atoms with Gasteiger partial charge in [0.2, 0.25) is 11.8 Å². The van der Waals surface area contributed by atoms with E-state index in [9.17, 15) is 9.90 Å². The molecule has 40 heavy (non-hydrogen) atoms. The lowest BCUT2D eigenvalue weighted by atomic mass is 10.1. The van der Waals surface area contributed by atoms with Crippen molar-refractivity contribution < 1.29 is 37.5 Å². The number of carbonyl (C=O) groups is 1. The summed E-state index contributed by atoms with van der Waals surface area (Å²) >= 11 is 5.67. The van der Waals surface area contributed by atoms with Crippen molar-refractivity contribution in [1.82, 2.24) is 24.6 Å². The van der Waals surface area contributed by atoms with Gasteiger partial charge in [0.1, 0.15) is 11.8 Å². The van der Waals surface area contributed by atoms with Crippen LogP contribution in [0.25, 0.3) is 11.2 Å². The number of carbonyl (C=O) groups excluding carboxylic acids is 1. The van der Waals surface area contributed by atoms with Gasteiger partial charge in [-0.2, -0.15) is 9.97 Å². The normalized spacial score (nSPS) is 16.2. The summed E-state index contributed by atoms with van der Waals surface area (Å²) in [5.41, 5.74) is 3.89. The number of aromatic nitrogens is 4. The molecule has 0 bridgehead atoms. The lowest BCUT2D eigenvalue weighted by molar-refractivity contribution is -0.149. The standard InChI is InChI=1S/C24H34FN6O7PS/c1-15(2)37-21(33)16(3)30-39(40,38-17-9-7-6-8-10-17)36-12-11-35-22(24(4,25)13-32)31-14-27-18-19(31)28-23(26)29-20(18)34-5/h6-10,14-16,22,32H,11-13H2,1-5H3,(H,30,40)(H2,26,28,29)/t16-,22-,24-,39+/m1/s1. The lowest BCUT2D eigenvalue weighted by Crippen LogP contribution is -2.38. The van der Waals surface area contributed by atoms with Crippen LogP contribution in [0.4, 0.5) is 10.3 Å². The van der Waals surface area contributed by atoms with Crippen LogP contribution in [0.1, 0.15) is 33.9 Å². The van der Waals surface area contributed by atoms with Crippen LogP contribution in [0.15, 0.2) is 36.7 Å². The van der Waals surface area contributed by atoms with Gasteiger partial charge in [0, 0.05) is 0 Å². The summed E-state index contributed by atoms with van der Waals surface area (Å²) in [5.74, 6) is -0.120. The number of hydrogen-bond acceptors (Lipinski definition) is 12. The molecule has 0 radical (unpaired) electrons. The number of rotatable bonds is 15. The van der Waals surface area contributed by atoms with Crippen molar-refractivity contribution in [2.45, 2.75) is 51.7 Å². The van der Waals surface area contributed by atoms with Gasteiger partial charge in [-0.1, -0.05) is 18.2 Å². The number of imidazole rings is 1. The number of anilines is 1. The van der Waals surface area contributed by atoms with Gasteiger partial charge in [-0.15, -0.1) is 0 Å². The predicted molar refractivity (Wildman–Crippen MR) is 149 cm³/mol. The first-order valence-corrected chi connectivity index (χ1v) is 15.0. The fourth-order valence-electron chi connectivity index (χ4n) is 3.49. The molecule has 220 valence electrons. The largest absolute Gasteiger partial charge is 0.479 e. The molecule has 0 aliphatic carbocycles. The number of aliphatic hydroxyl groups excluding tert-OH is 1. The van der Waals surface area contributed by atoms with Gasteiger partial charge in [-0.25, -0.2) is 14.5 Å². The van der Waals surface area contributed by atoms with Crippen LogP contribution >= 0.6 is 6.64 Å². The highest BCUT2D eigenvalue weighted by molar-refractivity contribution is 8.09. The van der Waals surface area contributed by atoms with E-state index < -0.39 is 37.2 Å². The number of aliphatic hydroxyl groups is 1. The summed E-state index contributed by atoms with van der Waals surface area (Å²) in [6, 6.07) is 7.87. The van der Waals surface area contributed by atoms with Crippen molar-refractivity contribution in [2.75, 3.05) is 32.7 Å². The SMILES string of the molecule is COc1nc(N)nc2c1ncn2[C@H](OCCO[P@@](=S)(N[C@H](C)C(=O)OC(C)C)Oc1ccccc1)[C@](C)(F)CO. The number of methoxy groups -OCH3 is 1. The Morgan fingerprint density at radius 1 is 1.25 bits per heavy atom. The smallest absolute Gasteiger partial charge is 0.323 e. The number of nitrogens with one attached hydrogen (secondary N) is 1. The first kappa shape index (κ1) is 31.6. The first-order valence-electron chi connectivity index (χ1n) is 12.3. The molecule has 0 aliphatic heterocycles. The van der Waals surface area contributed by atoms with E-state index in [2.05, 4.69) is 20.0 Å². The van der Waals surface area contributed by atoms with E-state index in [4.69, 9.17) is 40.8 Å². The first-order chi connectivity index (χ1) is 18.9. The van der Waals surface area contributed by atoms with E-state index in [1.165, 1.54) is 24.9 Å². The Morgan fingerprint density at radius 3 is 2.58 bits per heavy atom. The van der Waals surface area contributed by atoms with Gasteiger partial charge in [0.15, 0.2) is 23.1 Å². The van der Waals surface area contributed by atoms with Crippen LogP contribution in [-0.4, -0.2) is 75.3 Å². The molecule has 0 fully saturated rings. The summed E-state index contributed by atoms with van der Waals surface area (Å²) in [4.78, 5) is 24.7. The Balaban J connectivity index is 1.78. The Kier molecular flexibility index (Phi) is 10.8. The quantitative estimate of drug-likeness (QED) is 0.133. The van der Waals surface area contributed by atoms with Gasteiger partial charge in [0.25, 0.3) is 0 Å². The van der Waals surface area contributed by atoms with E-state index in [1.807, 2.05) is 6.07 Å². The second-order valence-corrected chi connectivity index (χ2v) is 12.3. The summed E-state index contributed by atoms with van der Waals surface area (Å²) in [7, 11) is 1.39. The van der Waals surface area contributed by atoms with Crippen LogP contribution in [0, 0.1) is 0 Å². The van der Waals surface area contributed by atoms with Gasteiger partial charge in [-0.3, -0.25) is 9.36 Å². The maximum Gasteiger partial charge on any atom is 0.323 e. The highest BCUT2D eigenvalue weighted by atomic mass is 32.5. The molecule has 0 aliphatic rings. The van der Waals surface area contributed by atoms with E-state index in [0.29, 0.717) is 5.75 Å². The number of nitrogens with zero attached hydrogens (tertiary/aromatic N) is 4. The van der Waals surface area contributed by atoms with Crippen LogP contribution in [0.3, 0.4) is 0 Å². The molecule has 0 unspecified atom stereocenters. The number of para-hydroxylation sites is 1. The minimum atomic E-state index is -3.33. The average Bonchev–Trinajstić information content (AvgIpc) is 3.31. The second-order valence-electron chi connectivity index (χ2n) is 9.15. The Labute approximate surface area is 236 Å². The van der Waals surface area contributed by atoms with Gasteiger partial charge in [-0.05, 0) is 51.6 Å². The van der Waals surface area contributed by atoms with Crippen LogP contribution < -0.4 is 20.1 Å². The van der Waals surface area contributed by atoms with E-state index >= 15 is 4.39 Å². The van der Waals surface area contributed by atoms with Crippen molar-refractivity contribution in [2.24, 2.45) is 0 Å². The summed E-state index contributed by atoms with van der Waals surface area (Å²) in [6.45, 7) is 1.66. The monoisotopic (exact) mass is 600 g/mol. The number of halogens is 1. The molecular weight excluding hydrogens is 566 g/mol. The van der Waals surface area contributed by atoms with Crippen molar-refractivity contribution in [1.29, 1.82) is 0 Å². The molecule has 0 spiro atoms. The molecule has 4 atom stereocenters. The number of esters is 1. The minimum absolute atomic E-state index is 0.0998. The number of ether oxygens (including phenoxy) is 3. The van der Waals surface area contributed by atoms with Gasteiger partial charge in [0.05, 0.1) is 39.4 Å². The van der Waals surface area contributed by atoms with E-state index in [0.717, 1.165) is 0 Å². The fourth-order valence-corrected chi connectivity index (χ4v) is 5.92. The Bertz CT molecular complexity index is 1330. The number of nitrogens with two attached hydrogens (primary N) is 1. The highest BCUT2D eigenvalue weighted by Crippen LogP contribution is 2.45. The molecule has 3 rings (SSSR count). The molecule has 4 N–H and O–H groups in total. The van der Waals surface area contributed by atoms with Gasteiger partial charge < -0.3 is 34.1 Å². The maximum absolute atomic E-state index is 15.5. The maximum atomic E-state index is 15.5. The zero-order valence-electron chi connectivity index (χ0n) is 22.8. The zero-order chi connectivity index (χ0) is 29.5. The number of alkyl halides is 1. The van der Waals surface area contributed by atoms with Crippen LogP contribution in [0.5, 0.6) is 11.6 Å². The molecule has 0 saturated heterocycles. The average molecular weight is 601 g/mol. The molecule has 1 aromatic carbocycles. The third-order valence-corrected chi connectivity index (χ3v) is 7.86. The number of hydrogen-bond donors (Lipinski definition) is 3. The topological polar surface area (TPSA) is 165 Å². The van der Waals surface area contributed by atoms with Crippen molar-refractivity contribution >= 4 is 41.5 Å². The molecule has 0 saturated carbocycles. The molecule has 0 amide bonds. The lowest BCUT2D eigenvalue weighted by Gasteiger charge is -2.30. The van der Waals surface area contributed by atoms with E-state index in [1.54, 1.807) is 45.0 Å². The summed E-state index contributed by atoms with van der Waals surface area (Å²) in [6.07, 6.45) is -0.435. The van der Waals surface area contributed by atoms with Crippen LogP contribution in [-0.2, 0) is 30.6 Å². The number of nitrogen functional groups attached to an aromatic ring is 1. The third-order valence-electron chi connectivity index (χ3n) is 5.32. The Morgan fingerprint density at radius 2 is 1.95 bits per heavy atom. The van der Waals surface area contributed by atoms with Crippen molar-refractivity contribution in [3.63, 3.8) is 0 Å². The summed E-state index contributed by atoms with van der Waals surface area (Å²) < 4.78 is 44.9. The third kappa shape index (κ3) is 8.05. The van der Waals surface area contributed by atoms with E-state index in [-0.39, 0.29) is 42.3 Å². The highest BCUT2D eigenvalue weighted by Gasteiger charge is 2.38. The molecule has 16 heteroatoms. The predicted octanol–water partition coefficient (Wildman–Crippen LogP) is 2.90. The number of fused-ring (bicyclic) bond motifs is 1. The van der Waals surface area contributed by atoms with Crippen molar-refractivity contribution in [3.05, 3.63) is 36.7 Å². The zero-order valence-corrected chi connectivity index (χ0v) is 24.5.